The maximum absolute atomic E-state index is 12.9. The first-order valence-electron chi connectivity index (χ1n) is 9.52. The van der Waals surface area contributed by atoms with Crippen molar-refractivity contribution in [2.24, 2.45) is 0 Å². The van der Waals surface area contributed by atoms with E-state index in [2.05, 4.69) is 5.32 Å². The van der Waals surface area contributed by atoms with E-state index in [4.69, 9.17) is 11.6 Å². The highest BCUT2D eigenvalue weighted by Gasteiger charge is 2.27. The number of piperazine rings is 1. The van der Waals surface area contributed by atoms with Crippen LogP contribution in [0, 0.1) is 0 Å². The van der Waals surface area contributed by atoms with Crippen molar-refractivity contribution in [3.05, 3.63) is 64.7 Å². The molecule has 2 heterocycles. The molecule has 150 valence electrons. The molecule has 0 saturated carbocycles. The number of anilines is 1. The van der Waals surface area contributed by atoms with Crippen molar-refractivity contribution in [1.82, 2.24) is 15.1 Å². The van der Waals surface area contributed by atoms with Crippen LogP contribution >= 0.6 is 11.6 Å². The Kier molecular flexibility index (Phi) is 5.40. The normalized spacial score (nSPS) is 16.7. The maximum Gasteiger partial charge on any atom is 0.321 e. The number of carbonyl (C=O) groups is 3. The van der Waals surface area contributed by atoms with E-state index in [0.717, 1.165) is 0 Å². The van der Waals surface area contributed by atoms with E-state index in [0.29, 0.717) is 61.1 Å². The molecule has 0 bridgehead atoms. The van der Waals surface area contributed by atoms with Gasteiger partial charge in [-0.3, -0.25) is 14.5 Å². The summed E-state index contributed by atoms with van der Waals surface area (Å²) < 4.78 is 0. The monoisotopic (exact) mass is 412 g/mol. The fraction of sp³-hybridized carbons (Fsp3) is 0.286. The van der Waals surface area contributed by atoms with Gasteiger partial charge < -0.3 is 15.1 Å². The van der Waals surface area contributed by atoms with Crippen LogP contribution in [0.25, 0.3) is 0 Å². The number of nitrogens with one attached hydrogen (secondary N) is 1. The van der Waals surface area contributed by atoms with Crippen LogP contribution in [0.15, 0.2) is 48.5 Å². The molecule has 0 aliphatic carbocycles. The Hall–Kier alpha value is -3.06. The molecule has 2 saturated heterocycles. The van der Waals surface area contributed by atoms with E-state index in [1.165, 1.54) is 0 Å². The van der Waals surface area contributed by atoms with E-state index >= 15 is 0 Å². The molecule has 4 rings (SSSR count). The summed E-state index contributed by atoms with van der Waals surface area (Å²) in [5.74, 6) is -0.178. The maximum atomic E-state index is 12.9. The van der Waals surface area contributed by atoms with Crippen LogP contribution < -0.4 is 10.2 Å². The zero-order chi connectivity index (χ0) is 20.4. The number of hydrogen-bond acceptors (Lipinski definition) is 3. The molecule has 8 heteroatoms. The molecule has 0 spiro atoms. The molecular weight excluding hydrogens is 392 g/mol. The smallest absolute Gasteiger partial charge is 0.321 e. The van der Waals surface area contributed by atoms with E-state index in [1.54, 1.807) is 57.2 Å². The third-order valence-electron chi connectivity index (χ3n) is 5.19. The number of carbonyl (C=O) groups excluding carboxylic acids is 3. The van der Waals surface area contributed by atoms with E-state index in [-0.39, 0.29) is 17.8 Å². The molecule has 0 atom stereocenters. The first-order valence-corrected chi connectivity index (χ1v) is 9.90. The quantitative estimate of drug-likeness (QED) is 0.841. The van der Waals surface area contributed by atoms with Gasteiger partial charge in [0.1, 0.15) is 0 Å². The lowest BCUT2D eigenvalue weighted by Crippen LogP contribution is -2.50. The van der Waals surface area contributed by atoms with Gasteiger partial charge in [0.25, 0.3) is 11.8 Å². The molecule has 0 unspecified atom stereocenters. The predicted octanol–water partition coefficient (Wildman–Crippen LogP) is 2.47. The lowest BCUT2D eigenvalue weighted by Gasteiger charge is -2.35. The van der Waals surface area contributed by atoms with E-state index in [9.17, 15) is 14.4 Å². The minimum absolute atomic E-state index is 0.0818. The largest absolute Gasteiger partial charge is 0.336 e. The molecule has 0 radical (unpaired) electrons. The van der Waals surface area contributed by atoms with Crippen LogP contribution in [0.4, 0.5) is 10.5 Å². The lowest BCUT2D eigenvalue weighted by molar-refractivity contribution is 0.0535. The average Bonchev–Trinajstić information content (AvgIpc) is 3.19. The summed E-state index contributed by atoms with van der Waals surface area (Å²) in [6, 6.07) is 13.8. The second-order valence-electron chi connectivity index (χ2n) is 7.03. The van der Waals surface area contributed by atoms with Crippen LogP contribution in [0.1, 0.15) is 20.7 Å². The van der Waals surface area contributed by atoms with Crippen molar-refractivity contribution in [3.8, 4) is 0 Å². The number of hydrogen-bond donors (Lipinski definition) is 1. The molecular formula is C21H21ClN4O3. The Balaban J connectivity index is 1.40. The standard InChI is InChI=1S/C21H21ClN4O3/c22-17-5-1-3-15(13-17)19(27)24-9-11-25(12-10-24)20(28)16-4-2-6-18(14-16)26-8-7-23-21(26)29/h1-6,13-14H,7-12H2,(H,23,29). The van der Waals surface area contributed by atoms with Gasteiger partial charge in [0.15, 0.2) is 0 Å². The lowest BCUT2D eigenvalue weighted by atomic mass is 10.1. The number of benzene rings is 2. The van der Waals surface area contributed by atoms with Crippen LogP contribution in [-0.2, 0) is 0 Å². The molecule has 1 N–H and O–H groups in total. The molecule has 2 aromatic carbocycles. The number of rotatable bonds is 3. The fourth-order valence-electron chi connectivity index (χ4n) is 3.62. The third-order valence-corrected chi connectivity index (χ3v) is 5.42. The van der Waals surface area contributed by atoms with Crippen LogP contribution in [0.2, 0.25) is 5.02 Å². The first kappa shape index (κ1) is 19.3. The zero-order valence-corrected chi connectivity index (χ0v) is 16.6. The molecule has 0 aromatic heterocycles. The summed E-state index contributed by atoms with van der Waals surface area (Å²) in [5.41, 5.74) is 1.80. The van der Waals surface area contributed by atoms with Crippen LogP contribution in [0.5, 0.6) is 0 Å². The Labute approximate surface area is 173 Å². The summed E-state index contributed by atoms with van der Waals surface area (Å²) in [6.07, 6.45) is 0. The van der Waals surface area contributed by atoms with Gasteiger partial charge in [-0.25, -0.2) is 4.79 Å². The van der Waals surface area contributed by atoms with Crippen molar-refractivity contribution >= 4 is 35.1 Å². The van der Waals surface area contributed by atoms with Gasteiger partial charge in [0.2, 0.25) is 0 Å². The summed E-state index contributed by atoms with van der Waals surface area (Å²) in [6.45, 7) is 3.02. The van der Waals surface area contributed by atoms with Gasteiger partial charge in [0, 0.05) is 61.1 Å². The second-order valence-corrected chi connectivity index (χ2v) is 7.47. The fourth-order valence-corrected chi connectivity index (χ4v) is 3.81. The topological polar surface area (TPSA) is 73.0 Å². The molecule has 2 aliphatic rings. The predicted molar refractivity (Wildman–Crippen MR) is 110 cm³/mol. The number of nitrogens with zero attached hydrogens (tertiary/aromatic N) is 3. The minimum atomic E-state index is -0.150. The average molecular weight is 413 g/mol. The number of amides is 4. The summed E-state index contributed by atoms with van der Waals surface area (Å²) in [5, 5.41) is 3.28. The molecule has 2 aliphatic heterocycles. The second kappa shape index (κ2) is 8.13. The molecule has 29 heavy (non-hydrogen) atoms. The van der Waals surface area contributed by atoms with Gasteiger partial charge >= 0.3 is 6.03 Å². The van der Waals surface area contributed by atoms with Crippen LogP contribution in [-0.4, -0.2) is 66.9 Å². The van der Waals surface area contributed by atoms with Crippen LogP contribution in [0.3, 0.4) is 0 Å². The highest BCUT2D eigenvalue weighted by Crippen LogP contribution is 2.20. The van der Waals surface area contributed by atoms with Gasteiger partial charge in [-0.15, -0.1) is 0 Å². The number of urea groups is 1. The van der Waals surface area contributed by atoms with Crippen molar-refractivity contribution in [2.45, 2.75) is 0 Å². The van der Waals surface area contributed by atoms with Gasteiger partial charge in [-0.1, -0.05) is 23.7 Å². The van der Waals surface area contributed by atoms with Gasteiger partial charge in [-0.2, -0.15) is 0 Å². The molecule has 4 amide bonds. The Morgan fingerprint density at radius 1 is 0.828 bits per heavy atom. The van der Waals surface area contributed by atoms with E-state index in [1.807, 2.05) is 6.07 Å². The first-order chi connectivity index (χ1) is 14.0. The minimum Gasteiger partial charge on any atom is -0.336 e. The summed E-state index contributed by atoms with van der Waals surface area (Å²) in [4.78, 5) is 42.5. The summed E-state index contributed by atoms with van der Waals surface area (Å²) >= 11 is 5.98. The Bertz CT molecular complexity index is 956. The molecule has 2 aromatic rings. The van der Waals surface area contributed by atoms with Crippen molar-refractivity contribution < 1.29 is 14.4 Å². The van der Waals surface area contributed by atoms with Gasteiger partial charge in [0.05, 0.1) is 0 Å². The van der Waals surface area contributed by atoms with Crippen molar-refractivity contribution in [1.29, 1.82) is 0 Å². The summed E-state index contributed by atoms with van der Waals surface area (Å²) in [7, 11) is 0. The van der Waals surface area contributed by atoms with E-state index < -0.39 is 0 Å². The highest BCUT2D eigenvalue weighted by molar-refractivity contribution is 6.30. The highest BCUT2D eigenvalue weighted by atomic mass is 35.5. The van der Waals surface area contributed by atoms with Gasteiger partial charge in [-0.05, 0) is 36.4 Å². The van der Waals surface area contributed by atoms with Crippen molar-refractivity contribution in [3.63, 3.8) is 0 Å². The third kappa shape index (κ3) is 4.05. The number of halogens is 1. The molecule has 2 fully saturated rings. The van der Waals surface area contributed by atoms with Crippen molar-refractivity contribution in [2.75, 3.05) is 44.2 Å². The Morgan fingerprint density at radius 2 is 1.41 bits per heavy atom. The Morgan fingerprint density at radius 3 is 1.97 bits per heavy atom. The molecule has 7 nitrogen and oxygen atoms in total. The zero-order valence-electron chi connectivity index (χ0n) is 15.8. The SMILES string of the molecule is O=C(c1cccc(Cl)c1)N1CCN(C(=O)c2cccc(N3CCNC3=O)c2)CC1.